The minimum atomic E-state index is -1.61. The topological polar surface area (TPSA) is 74.7 Å². The summed E-state index contributed by atoms with van der Waals surface area (Å²) in [5.41, 5.74) is 0.280. The zero-order valence-corrected chi connectivity index (χ0v) is 18.0. The normalized spacial score (nSPS) is 21.8. The van der Waals surface area contributed by atoms with Crippen LogP contribution >= 0.6 is 11.6 Å². The van der Waals surface area contributed by atoms with E-state index in [-0.39, 0.29) is 29.0 Å². The Morgan fingerprint density at radius 2 is 1.50 bits per heavy atom. The van der Waals surface area contributed by atoms with Crippen molar-refractivity contribution in [3.05, 3.63) is 100 Å². The number of aromatic hydroxyl groups is 1. The fourth-order valence-corrected chi connectivity index (χ4v) is 5.41. The predicted octanol–water partition coefficient (Wildman–Crippen LogP) is 4.39. The largest absolute Gasteiger partial charge is 0.508 e. The lowest BCUT2D eigenvalue weighted by atomic mass is 9.70. The van der Waals surface area contributed by atoms with Gasteiger partial charge in [0, 0.05) is 34.2 Å². The number of hydrogen-bond acceptors (Lipinski definition) is 5. The number of nitrogens with zero attached hydrogens (tertiary/aromatic N) is 1. The van der Waals surface area contributed by atoms with E-state index in [0.717, 1.165) is 5.56 Å². The number of likely N-dealkylation sites (N-methyl/N-ethyl adjacent to an activating group) is 1. The fourth-order valence-electron chi connectivity index (χ4n) is 5.28. The van der Waals surface area contributed by atoms with Gasteiger partial charge in [-0.3, -0.25) is 19.3 Å². The molecule has 1 aliphatic heterocycles. The highest BCUT2D eigenvalue weighted by atomic mass is 35.5. The van der Waals surface area contributed by atoms with Gasteiger partial charge in [0.05, 0.1) is 5.92 Å². The van der Waals surface area contributed by atoms with Crippen LogP contribution in [0.2, 0.25) is 5.02 Å². The summed E-state index contributed by atoms with van der Waals surface area (Å²) in [6.45, 7) is 0.363. The summed E-state index contributed by atoms with van der Waals surface area (Å²) in [6, 6.07) is 19.9. The number of ketones is 3. The number of carbonyl (C=O) groups is 3. The van der Waals surface area contributed by atoms with E-state index in [2.05, 4.69) is 0 Å². The molecule has 0 aromatic heterocycles. The van der Waals surface area contributed by atoms with Crippen molar-refractivity contribution in [1.29, 1.82) is 0 Å². The van der Waals surface area contributed by atoms with Gasteiger partial charge in [-0.15, -0.1) is 0 Å². The first kappa shape index (κ1) is 20.6. The summed E-state index contributed by atoms with van der Waals surface area (Å²) >= 11 is 6.08. The Balaban J connectivity index is 1.71. The van der Waals surface area contributed by atoms with Crippen LogP contribution in [0.4, 0.5) is 0 Å². The van der Waals surface area contributed by atoms with Gasteiger partial charge in [-0.05, 0) is 49.0 Å². The Kier molecular flexibility index (Phi) is 4.77. The van der Waals surface area contributed by atoms with Gasteiger partial charge in [0.1, 0.15) is 5.75 Å². The van der Waals surface area contributed by atoms with E-state index in [4.69, 9.17) is 11.6 Å². The molecule has 0 amide bonds. The second kappa shape index (κ2) is 7.40. The molecule has 1 fully saturated rings. The second-order valence-electron chi connectivity index (χ2n) is 8.40. The van der Waals surface area contributed by atoms with Crippen LogP contribution in [0.5, 0.6) is 5.75 Å². The van der Waals surface area contributed by atoms with Crippen LogP contribution in [0.25, 0.3) is 0 Å². The summed E-state index contributed by atoms with van der Waals surface area (Å²) in [6.07, 6.45) is 0. The van der Waals surface area contributed by atoms with Crippen molar-refractivity contribution in [3.8, 4) is 5.75 Å². The quantitative estimate of drug-likeness (QED) is 0.478. The van der Waals surface area contributed by atoms with Crippen LogP contribution in [-0.4, -0.2) is 46.5 Å². The van der Waals surface area contributed by atoms with E-state index in [1.165, 1.54) is 24.3 Å². The van der Waals surface area contributed by atoms with Crippen molar-refractivity contribution in [2.24, 2.45) is 5.92 Å². The van der Waals surface area contributed by atoms with Crippen LogP contribution in [0.1, 0.15) is 42.6 Å². The maximum absolute atomic E-state index is 13.9. The molecular weight excluding hydrogens is 426 g/mol. The number of phenols is 1. The van der Waals surface area contributed by atoms with Gasteiger partial charge in [0.15, 0.2) is 22.9 Å². The molecule has 2 unspecified atom stereocenters. The minimum absolute atomic E-state index is 0.0366. The molecule has 1 N–H and O–H groups in total. The highest BCUT2D eigenvalue weighted by Gasteiger charge is 2.67. The summed E-state index contributed by atoms with van der Waals surface area (Å²) in [4.78, 5) is 43.2. The van der Waals surface area contributed by atoms with Gasteiger partial charge < -0.3 is 5.11 Å². The van der Waals surface area contributed by atoms with Crippen LogP contribution in [0.3, 0.4) is 0 Å². The van der Waals surface area contributed by atoms with Crippen LogP contribution in [0.15, 0.2) is 72.8 Å². The lowest BCUT2D eigenvalue weighted by molar-refractivity contribution is 0.0515. The third-order valence-corrected chi connectivity index (χ3v) is 7.02. The molecular formula is C26H20ClNO4. The number of phenolic OH excluding ortho intramolecular Hbond substituents is 1. The third-order valence-electron chi connectivity index (χ3n) is 6.77. The number of likely N-dealkylation sites (tertiary alicyclic amines) is 1. The van der Waals surface area contributed by atoms with Crippen molar-refractivity contribution >= 4 is 29.0 Å². The first-order valence-electron chi connectivity index (χ1n) is 10.3. The highest BCUT2D eigenvalue weighted by molar-refractivity contribution is 6.35. The molecule has 1 aliphatic carbocycles. The van der Waals surface area contributed by atoms with E-state index in [1.54, 1.807) is 48.3 Å². The van der Waals surface area contributed by atoms with Crippen molar-refractivity contribution in [1.82, 2.24) is 4.90 Å². The van der Waals surface area contributed by atoms with Crippen LogP contribution in [-0.2, 0) is 0 Å². The minimum Gasteiger partial charge on any atom is -0.508 e. The smallest absolute Gasteiger partial charge is 0.192 e. The molecule has 3 aromatic rings. The Morgan fingerprint density at radius 3 is 2.06 bits per heavy atom. The number of fused-ring (bicyclic) bond motifs is 1. The number of Topliss-reactive ketones (excluding diaryl/α,β-unsaturated/α-hetero) is 3. The van der Waals surface area contributed by atoms with Gasteiger partial charge in [-0.2, -0.15) is 0 Å². The molecule has 6 heteroatoms. The standard InChI is InChI=1S/C26H20ClNO4/c1-28-14-21(15-6-10-17(27)11-7-15)22(23(30)16-8-12-18(29)13-9-16)26(28)24(31)19-4-2-3-5-20(19)25(26)32/h2-13,21-22,29H,14H2,1H3. The van der Waals surface area contributed by atoms with E-state index in [9.17, 15) is 19.5 Å². The molecule has 5 rings (SSSR count). The monoisotopic (exact) mass is 445 g/mol. The number of benzene rings is 3. The predicted molar refractivity (Wildman–Crippen MR) is 121 cm³/mol. The molecule has 3 aromatic carbocycles. The SMILES string of the molecule is CN1CC(c2ccc(Cl)cc2)C(C(=O)c2ccc(O)cc2)C12C(=O)c1ccccc1C2=O. The maximum Gasteiger partial charge on any atom is 0.192 e. The van der Waals surface area contributed by atoms with Crippen molar-refractivity contribution < 1.29 is 19.5 Å². The molecule has 2 aliphatic rings. The van der Waals surface area contributed by atoms with Gasteiger partial charge in [0.2, 0.25) is 0 Å². The highest BCUT2D eigenvalue weighted by Crippen LogP contribution is 2.51. The maximum atomic E-state index is 13.9. The van der Waals surface area contributed by atoms with Gasteiger partial charge in [0.25, 0.3) is 0 Å². The van der Waals surface area contributed by atoms with E-state index in [1.807, 2.05) is 12.1 Å². The first-order chi connectivity index (χ1) is 15.4. The van der Waals surface area contributed by atoms with E-state index >= 15 is 0 Å². The molecule has 2 atom stereocenters. The fraction of sp³-hybridized carbons (Fsp3) is 0.192. The molecule has 0 saturated carbocycles. The molecule has 5 nitrogen and oxygen atoms in total. The summed E-state index contributed by atoms with van der Waals surface area (Å²) in [5, 5.41) is 10.2. The van der Waals surface area contributed by atoms with Gasteiger partial charge >= 0.3 is 0 Å². The Hall–Kier alpha value is -3.28. The van der Waals surface area contributed by atoms with E-state index < -0.39 is 11.5 Å². The Labute approximate surface area is 190 Å². The molecule has 0 bridgehead atoms. The lowest BCUT2D eigenvalue weighted by Crippen LogP contribution is -2.57. The number of halogens is 1. The van der Waals surface area contributed by atoms with Crippen molar-refractivity contribution in [2.75, 3.05) is 13.6 Å². The molecule has 160 valence electrons. The van der Waals surface area contributed by atoms with Crippen molar-refractivity contribution in [2.45, 2.75) is 11.5 Å². The number of rotatable bonds is 3. The third kappa shape index (κ3) is 2.78. The number of carbonyl (C=O) groups excluding carboxylic acids is 3. The summed E-state index contributed by atoms with van der Waals surface area (Å²) in [5.74, 6) is -2.26. The Bertz CT molecular complexity index is 1210. The van der Waals surface area contributed by atoms with Crippen molar-refractivity contribution in [3.63, 3.8) is 0 Å². The lowest BCUT2D eigenvalue weighted by Gasteiger charge is -2.34. The second-order valence-corrected chi connectivity index (χ2v) is 8.83. The molecule has 1 spiro atoms. The first-order valence-corrected chi connectivity index (χ1v) is 10.7. The zero-order chi connectivity index (χ0) is 22.6. The Morgan fingerprint density at radius 1 is 0.938 bits per heavy atom. The number of hydrogen-bond donors (Lipinski definition) is 1. The molecule has 1 heterocycles. The van der Waals surface area contributed by atoms with E-state index in [0.29, 0.717) is 28.3 Å². The van der Waals surface area contributed by atoms with Gasteiger partial charge in [-0.1, -0.05) is 48.0 Å². The zero-order valence-electron chi connectivity index (χ0n) is 17.3. The molecule has 1 saturated heterocycles. The summed E-state index contributed by atoms with van der Waals surface area (Å²) in [7, 11) is 1.73. The molecule has 0 radical (unpaired) electrons. The molecule has 32 heavy (non-hydrogen) atoms. The van der Waals surface area contributed by atoms with Crippen LogP contribution < -0.4 is 0 Å². The van der Waals surface area contributed by atoms with Gasteiger partial charge in [-0.25, -0.2) is 0 Å². The average molecular weight is 446 g/mol. The summed E-state index contributed by atoms with van der Waals surface area (Å²) < 4.78 is 0. The average Bonchev–Trinajstić information content (AvgIpc) is 3.23. The van der Waals surface area contributed by atoms with Crippen LogP contribution in [0, 0.1) is 5.92 Å².